The molecule has 0 aromatic heterocycles. The lowest BCUT2D eigenvalue weighted by molar-refractivity contribution is 0.162. The van der Waals surface area contributed by atoms with Crippen LogP contribution < -0.4 is 0 Å². The van der Waals surface area contributed by atoms with E-state index in [1.165, 1.54) is 11.1 Å². The average Bonchev–Trinajstić information content (AvgIpc) is 2.37. The third kappa shape index (κ3) is 4.74. The second kappa shape index (κ2) is 7.84. The minimum Gasteiger partial charge on any atom is -0.507 e. The highest BCUT2D eigenvalue weighted by Gasteiger charge is 2.21. The first kappa shape index (κ1) is 18.0. The topological polar surface area (TPSA) is 40.5 Å². The van der Waals surface area contributed by atoms with Gasteiger partial charge in [-0.3, -0.25) is 0 Å². The largest absolute Gasteiger partial charge is 0.507 e. The molecule has 0 bridgehead atoms. The van der Waals surface area contributed by atoms with Crippen LogP contribution in [-0.2, 0) is 12.8 Å². The van der Waals surface area contributed by atoms with Crippen LogP contribution in [0.2, 0.25) is 0 Å². The molecule has 2 N–H and O–H groups in total. The van der Waals surface area contributed by atoms with Crippen LogP contribution >= 0.6 is 0 Å². The summed E-state index contributed by atoms with van der Waals surface area (Å²) in [5.41, 5.74) is 4.22. The van der Waals surface area contributed by atoms with Gasteiger partial charge in [0.05, 0.1) is 6.10 Å². The molecule has 1 aromatic carbocycles. The number of phenolic OH excluding ortho intramolecular Hbond substituents is 1. The van der Waals surface area contributed by atoms with Gasteiger partial charge in [-0.05, 0) is 60.8 Å². The minimum atomic E-state index is -0.562. The average molecular weight is 292 g/mol. The van der Waals surface area contributed by atoms with E-state index in [0.717, 1.165) is 24.8 Å². The number of rotatable bonds is 7. The van der Waals surface area contributed by atoms with Gasteiger partial charge in [-0.25, -0.2) is 0 Å². The zero-order valence-electron chi connectivity index (χ0n) is 14.5. The van der Waals surface area contributed by atoms with Crippen molar-refractivity contribution in [2.24, 2.45) is 11.8 Å². The second-order valence-electron chi connectivity index (χ2n) is 7.09. The van der Waals surface area contributed by atoms with Gasteiger partial charge in [0, 0.05) is 5.56 Å². The van der Waals surface area contributed by atoms with Gasteiger partial charge in [0.2, 0.25) is 0 Å². The first-order valence-electron chi connectivity index (χ1n) is 8.30. The van der Waals surface area contributed by atoms with Crippen molar-refractivity contribution in [3.8, 4) is 5.75 Å². The molecule has 0 heterocycles. The Morgan fingerprint density at radius 2 is 1.52 bits per heavy atom. The number of aromatic hydroxyl groups is 1. The molecule has 0 aliphatic heterocycles. The van der Waals surface area contributed by atoms with Crippen LogP contribution in [0.15, 0.2) is 6.07 Å². The maximum Gasteiger partial charge on any atom is 0.124 e. The Morgan fingerprint density at radius 1 is 1.00 bits per heavy atom. The molecule has 21 heavy (non-hydrogen) atoms. The van der Waals surface area contributed by atoms with Crippen molar-refractivity contribution in [2.75, 3.05) is 0 Å². The van der Waals surface area contributed by atoms with Crippen LogP contribution in [0, 0.1) is 18.8 Å². The van der Waals surface area contributed by atoms with Crippen LogP contribution in [-0.4, -0.2) is 10.2 Å². The number of aliphatic hydroxyl groups is 1. The highest BCUT2D eigenvalue weighted by Crippen LogP contribution is 2.37. The second-order valence-corrected chi connectivity index (χ2v) is 7.09. The van der Waals surface area contributed by atoms with Gasteiger partial charge in [-0.2, -0.15) is 0 Å². The molecule has 120 valence electrons. The Balaban J connectivity index is 3.36. The fourth-order valence-electron chi connectivity index (χ4n) is 2.95. The van der Waals surface area contributed by atoms with Crippen LogP contribution in [0.25, 0.3) is 0 Å². The number of hydrogen-bond acceptors (Lipinski definition) is 2. The predicted octanol–water partition coefficient (Wildman–Crippen LogP) is 4.93. The van der Waals surface area contributed by atoms with E-state index >= 15 is 0 Å². The smallest absolute Gasteiger partial charge is 0.124 e. The summed E-state index contributed by atoms with van der Waals surface area (Å²) in [6.45, 7) is 12.9. The SMILES string of the molecule is CCCC(O)c1cc(C)c(CC(C)C)c(CC(C)C)c1O. The number of benzene rings is 1. The summed E-state index contributed by atoms with van der Waals surface area (Å²) in [7, 11) is 0. The Kier molecular flexibility index (Phi) is 6.73. The fourth-order valence-corrected chi connectivity index (χ4v) is 2.95. The molecule has 0 spiro atoms. The number of aryl methyl sites for hydroxylation is 1. The standard InChI is InChI=1S/C19H32O2/c1-7-8-18(20)17-11-14(6)15(9-12(2)3)16(19(17)21)10-13(4)5/h11-13,18,20-21H,7-10H2,1-6H3. The summed E-state index contributed by atoms with van der Waals surface area (Å²) in [5.74, 6) is 1.37. The summed E-state index contributed by atoms with van der Waals surface area (Å²) < 4.78 is 0. The first-order valence-corrected chi connectivity index (χ1v) is 8.30. The Bertz CT molecular complexity index is 461. The van der Waals surface area contributed by atoms with Crippen molar-refractivity contribution in [1.29, 1.82) is 0 Å². The summed E-state index contributed by atoms with van der Waals surface area (Å²) in [5, 5.41) is 21.0. The van der Waals surface area contributed by atoms with Crippen molar-refractivity contribution in [2.45, 2.75) is 73.3 Å². The quantitative estimate of drug-likeness (QED) is 0.748. The van der Waals surface area contributed by atoms with Gasteiger partial charge < -0.3 is 10.2 Å². The van der Waals surface area contributed by atoms with E-state index in [2.05, 4.69) is 41.5 Å². The zero-order valence-corrected chi connectivity index (χ0v) is 14.5. The lowest BCUT2D eigenvalue weighted by Gasteiger charge is -2.22. The summed E-state index contributed by atoms with van der Waals surface area (Å²) in [6.07, 6.45) is 2.88. The molecular weight excluding hydrogens is 260 g/mol. The number of aliphatic hydroxyl groups excluding tert-OH is 1. The Morgan fingerprint density at radius 3 is 2.00 bits per heavy atom. The molecule has 0 aliphatic carbocycles. The predicted molar refractivity (Wildman–Crippen MR) is 89.8 cm³/mol. The van der Waals surface area contributed by atoms with Crippen LogP contribution in [0.1, 0.15) is 75.8 Å². The molecular formula is C19H32O2. The van der Waals surface area contributed by atoms with E-state index in [9.17, 15) is 10.2 Å². The highest BCUT2D eigenvalue weighted by molar-refractivity contribution is 5.51. The molecule has 1 unspecified atom stereocenters. The third-order valence-corrected chi connectivity index (χ3v) is 3.92. The van der Waals surface area contributed by atoms with Gasteiger partial charge in [0.15, 0.2) is 0 Å². The maximum atomic E-state index is 10.7. The van der Waals surface area contributed by atoms with Gasteiger partial charge in [0.25, 0.3) is 0 Å². The fraction of sp³-hybridized carbons (Fsp3) is 0.684. The van der Waals surface area contributed by atoms with Crippen LogP contribution in [0.3, 0.4) is 0 Å². The van der Waals surface area contributed by atoms with E-state index in [0.29, 0.717) is 29.6 Å². The first-order chi connectivity index (χ1) is 9.77. The van der Waals surface area contributed by atoms with Crippen molar-refractivity contribution in [3.63, 3.8) is 0 Å². The van der Waals surface area contributed by atoms with Gasteiger partial charge in [-0.1, -0.05) is 41.0 Å². The molecule has 2 heteroatoms. The van der Waals surface area contributed by atoms with Crippen molar-refractivity contribution in [1.82, 2.24) is 0 Å². The normalized spacial score (nSPS) is 13.2. The van der Waals surface area contributed by atoms with E-state index < -0.39 is 6.10 Å². The van der Waals surface area contributed by atoms with Gasteiger partial charge in [0.1, 0.15) is 5.75 Å². The lowest BCUT2D eigenvalue weighted by Crippen LogP contribution is -2.09. The molecule has 1 rings (SSSR count). The lowest BCUT2D eigenvalue weighted by atomic mass is 9.86. The Hall–Kier alpha value is -1.02. The third-order valence-electron chi connectivity index (χ3n) is 3.92. The molecule has 1 aromatic rings. The van der Waals surface area contributed by atoms with Crippen LogP contribution in [0.4, 0.5) is 0 Å². The van der Waals surface area contributed by atoms with E-state index in [4.69, 9.17) is 0 Å². The maximum absolute atomic E-state index is 10.7. The number of hydrogen-bond donors (Lipinski definition) is 2. The molecule has 0 saturated carbocycles. The molecule has 0 radical (unpaired) electrons. The van der Waals surface area contributed by atoms with E-state index in [-0.39, 0.29) is 0 Å². The van der Waals surface area contributed by atoms with Crippen LogP contribution in [0.5, 0.6) is 5.75 Å². The van der Waals surface area contributed by atoms with E-state index in [1.54, 1.807) is 0 Å². The molecule has 2 nitrogen and oxygen atoms in total. The zero-order chi connectivity index (χ0) is 16.2. The van der Waals surface area contributed by atoms with Crippen molar-refractivity contribution < 1.29 is 10.2 Å². The van der Waals surface area contributed by atoms with Crippen molar-refractivity contribution >= 4 is 0 Å². The molecule has 0 amide bonds. The number of phenols is 1. The van der Waals surface area contributed by atoms with Gasteiger partial charge >= 0.3 is 0 Å². The summed E-state index contributed by atoms with van der Waals surface area (Å²) in [4.78, 5) is 0. The Labute approximate surface area is 130 Å². The van der Waals surface area contributed by atoms with E-state index in [1.807, 2.05) is 6.07 Å². The highest BCUT2D eigenvalue weighted by atomic mass is 16.3. The monoisotopic (exact) mass is 292 g/mol. The molecule has 0 aliphatic rings. The summed E-state index contributed by atoms with van der Waals surface area (Å²) in [6, 6.07) is 1.98. The summed E-state index contributed by atoms with van der Waals surface area (Å²) >= 11 is 0. The molecule has 0 saturated heterocycles. The van der Waals surface area contributed by atoms with Gasteiger partial charge in [-0.15, -0.1) is 0 Å². The molecule has 1 atom stereocenters. The van der Waals surface area contributed by atoms with Crippen molar-refractivity contribution in [3.05, 3.63) is 28.3 Å². The molecule has 0 fully saturated rings. The minimum absolute atomic E-state index is 0.325.